The Kier molecular flexibility index (Phi) is 5.11. The van der Waals surface area contributed by atoms with Gasteiger partial charge in [0.25, 0.3) is 5.91 Å². The van der Waals surface area contributed by atoms with E-state index in [1.165, 1.54) is 0 Å². The first-order chi connectivity index (χ1) is 8.97. The lowest BCUT2D eigenvalue weighted by molar-refractivity contribution is 0.102. The molecule has 0 saturated carbocycles. The van der Waals surface area contributed by atoms with Crippen LogP contribution in [-0.2, 0) is 0 Å². The number of hydrogen-bond acceptors (Lipinski definition) is 1. The van der Waals surface area contributed by atoms with Crippen LogP contribution in [0.2, 0.25) is 10.0 Å². The van der Waals surface area contributed by atoms with Crippen molar-refractivity contribution in [2.24, 2.45) is 0 Å². The summed E-state index contributed by atoms with van der Waals surface area (Å²) in [6, 6.07) is 10.4. The van der Waals surface area contributed by atoms with E-state index in [-0.39, 0.29) is 5.91 Å². The lowest BCUT2D eigenvalue weighted by atomic mass is 10.2. The predicted molar refractivity (Wildman–Crippen MR) is 91.3 cm³/mol. The molecule has 0 fully saturated rings. The maximum atomic E-state index is 12.2. The molecule has 0 bridgehead atoms. The fourth-order valence-corrected chi connectivity index (χ4v) is 2.99. The second-order valence-corrected chi connectivity index (χ2v) is 6.59. The van der Waals surface area contributed by atoms with Gasteiger partial charge in [-0.2, -0.15) is 0 Å². The van der Waals surface area contributed by atoms with E-state index in [0.29, 0.717) is 21.3 Å². The van der Waals surface area contributed by atoms with Crippen LogP contribution in [0.1, 0.15) is 10.4 Å². The molecule has 0 unspecified atom stereocenters. The molecule has 0 aliphatic carbocycles. The minimum atomic E-state index is -0.213. The molecule has 1 amide bonds. The Hall–Kier alpha value is -0.300. The van der Waals surface area contributed by atoms with E-state index in [1.54, 1.807) is 36.4 Å². The van der Waals surface area contributed by atoms with Crippen LogP contribution in [0.25, 0.3) is 0 Å². The second-order valence-electron chi connectivity index (χ2n) is 3.70. The summed E-state index contributed by atoms with van der Waals surface area (Å²) >= 11 is 17.2. The first kappa shape index (κ1) is 15.1. The molecule has 2 aromatic carbocycles. The monoisotopic (exact) mass is 469 g/mol. The average Bonchev–Trinajstić information content (AvgIpc) is 2.35. The molecule has 0 saturated heterocycles. The summed E-state index contributed by atoms with van der Waals surface area (Å²) in [5.41, 5.74) is 1.19. The molecule has 98 valence electrons. The summed E-state index contributed by atoms with van der Waals surface area (Å²) in [6.07, 6.45) is 0. The number of halogens is 4. The Balaban J connectivity index is 2.28. The van der Waals surface area contributed by atoms with Crippen LogP contribution in [0.15, 0.2) is 40.9 Å². The third-order valence-corrected chi connectivity index (χ3v) is 4.42. The van der Waals surface area contributed by atoms with Crippen molar-refractivity contribution in [1.29, 1.82) is 0 Å². The van der Waals surface area contributed by atoms with Crippen molar-refractivity contribution < 1.29 is 4.79 Å². The number of nitrogens with one attached hydrogen (secondary N) is 1. The summed E-state index contributed by atoms with van der Waals surface area (Å²) in [5.74, 6) is -0.213. The van der Waals surface area contributed by atoms with Crippen LogP contribution in [0.3, 0.4) is 0 Å². The molecule has 2 nitrogen and oxygen atoms in total. The summed E-state index contributed by atoms with van der Waals surface area (Å²) in [6.45, 7) is 0. The van der Waals surface area contributed by atoms with Crippen molar-refractivity contribution >= 4 is 73.3 Å². The Morgan fingerprint density at radius 1 is 1.11 bits per heavy atom. The fourth-order valence-electron chi connectivity index (χ4n) is 1.45. The van der Waals surface area contributed by atoms with Gasteiger partial charge in [-0.05, 0) is 74.9 Å². The Morgan fingerprint density at radius 3 is 2.42 bits per heavy atom. The van der Waals surface area contributed by atoms with Gasteiger partial charge in [0.15, 0.2) is 0 Å². The molecule has 0 atom stereocenters. The fraction of sp³-hybridized carbons (Fsp3) is 0. The largest absolute Gasteiger partial charge is 0.321 e. The van der Waals surface area contributed by atoms with Gasteiger partial charge >= 0.3 is 0 Å². The molecule has 1 N–H and O–H groups in total. The van der Waals surface area contributed by atoms with Gasteiger partial charge in [0.2, 0.25) is 0 Å². The third kappa shape index (κ3) is 3.84. The molecule has 19 heavy (non-hydrogen) atoms. The summed E-state index contributed by atoms with van der Waals surface area (Å²) in [4.78, 5) is 12.2. The smallest absolute Gasteiger partial charge is 0.256 e. The summed E-state index contributed by atoms with van der Waals surface area (Å²) in [7, 11) is 0. The first-order valence-electron chi connectivity index (χ1n) is 5.19. The average molecular weight is 471 g/mol. The van der Waals surface area contributed by atoms with Crippen LogP contribution in [-0.4, -0.2) is 5.91 Å². The van der Waals surface area contributed by atoms with Crippen LogP contribution in [0.4, 0.5) is 5.69 Å². The summed E-state index contributed by atoms with van der Waals surface area (Å²) in [5, 5.41) is 3.94. The van der Waals surface area contributed by atoms with Gasteiger partial charge < -0.3 is 5.32 Å². The zero-order chi connectivity index (χ0) is 14.0. The normalized spacial score (nSPS) is 10.3. The predicted octanol–water partition coefficient (Wildman–Crippen LogP) is 5.61. The molecule has 0 aliphatic heterocycles. The minimum absolute atomic E-state index is 0.213. The van der Waals surface area contributed by atoms with Crippen LogP contribution >= 0.6 is 61.7 Å². The highest BCUT2D eigenvalue weighted by atomic mass is 127. The SMILES string of the molecule is O=C(Nc1ccc(Cl)cc1Br)c1cc(Cl)ccc1I. The lowest BCUT2D eigenvalue weighted by Gasteiger charge is -2.09. The number of benzene rings is 2. The van der Waals surface area contributed by atoms with Gasteiger partial charge in [0.1, 0.15) is 0 Å². The van der Waals surface area contributed by atoms with E-state index < -0.39 is 0 Å². The van der Waals surface area contributed by atoms with Crippen molar-refractivity contribution in [2.45, 2.75) is 0 Å². The molecule has 6 heteroatoms. The maximum Gasteiger partial charge on any atom is 0.256 e. The van der Waals surface area contributed by atoms with Gasteiger partial charge in [-0.1, -0.05) is 23.2 Å². The molecule has 0 radical (unpaired) electrons. The molecule has 2 rings (SSSR count). The van der Waals surface area contributed by atoms with Crippen LogP contribution < -0.4 is 5.32 Å². The van der Waals surface area contributed by atoms with Crippen molar-refractivity contribution in [2.75, 3.05) is 5.32 Å². The van der Waals surface area contributed by atoms with Crippen LogP contribution in [0.5, 0.6) is 0 Å². The van der Waals surface area contributed by atoms with Gasteiger partial charge in [-0.25, -0.2) is 0 Å². The Bertz CT molecular complexity index is 649. The highest BCUT2D eigenvalue weighted by molar-refractivity contribution is 14.1. The molecule has 2 aromatic rings. The second kappa shape index (κ2) is 6.43. The Labute approximate surface area is 142 Å². The zero-order valence-electron chi connectivity index (χ0n) is 9.38. The van der Waals surface area contributed by atoms with Gasteiger partial charge in [0, 0.05) is 18.1 Å². The van der Waals surface area contributed by atoms with E-state index in [2.05, 4.69) is 43.8 Å². The number of rotatable bonds is 2. The minimum Gasteiger partial charge on any atom is -0.321 e. The molecule has 0 aliphatic rings. The molecular formula is C13H7BrCl2INO. The van der Waals surface area contributed by atoms with Crippen molar-refractivity contribution in [1.82, 2.24) is 0 Å². The van der Waals surface area contributed by atoms with Gasteiger partial charge in [0.05, 0.1) is 11.3 Å². The number of anilines is 1. The van der Waals surface area contributed by atoms with E-state index in [0.717, 1.165) is 8.04 Å². The summed E-state index contributed by atoms with van der Waals surface area (Å²) < 4.78 is 1.56. The molecule has 0 aromatic heterocycles. The lowest BCUT2D eigenvalue weighted by Crippen LogP contribution is -2.13. The van der Waals surface area contributed by atoms with E-state index >= 15 is 0 Å². The number of carbonyl (C=O) groups is 1. The van der Waals surface area contributed by atoms with Crippen molar-refractivity contribution in [3.8, 4) is 0 Å². The number of amides is 1. The topological polar surface area (TPSA) is 29.1 Å². The highest BCUT2D eigenvalue weighted by Crippen LogP contribution is 2.27. The van der Waals surface area contributed by atoms with Crippen LogP contribution in [0, 0.1) is 3.57 Å². The zero-order valence-corrected chi connectivity index (χ0v) is 14.6. The number of hydrogen-bond donors (Lipinski definition) is 1. The molecular weight excluding hydrogens is 464 g/mol. The Morgan fingerprint density at radius 2 is 1.74 bits per heavy atom. The quantitative estimate of drug-likeness (QED) is 0.568. The van der Waals surface area contributed by atoms with E-state index in [1.807, 2.05) is 0 Å². The third-order valence-electron chi connectivity index (χ3n) is 2.35. The molecule has 0 heterocycles. The number of carbonyl (C=O) groups excluding carboxylic acids is 1. The van der Waals surface area contributed by atoms with Crippen molar-refractivity contribution in [3.05, 3.63) is 60.0 Å². The highest BCUT2D eigenvalue weighted by Gasteiger charge is 2.12. The van der Waals surface area contributed by atoms with Gasteiger partial charge in [-0.15, -0.1) is 0 Å². The first-order valence-corrected chi connectivity index (χ1v) is 7.81. The van der Waals surface area contributed by atoms with E-state index in [9.17, 15) is 4.79 Å². The van der Waals surface area contributed by atoms with Gasteiger partial charge in [-0.3, -0.25) is 4.79 Å². The molecule has 0 spiro atoms. The standard InChI is InChI=1S/C13H7BrCl2INO/c14-10-6-8(16)2-4-12(10)18-13(19)9-5-7(15)1-3-11(9)17/h1-6H,(H,18,19). The van der Waals surface area contributed by atoms with E-state index in [4.69, 9.17) is 23.2 Å². The maximum absolute atomic E-state index is 12.2. The van der Waals surface area contributed by atoms with Crippen molar-refractivity contribution in [3.63, 3.8) is 0 Å².